The zero-order valence-corrected chi connectivity index (χ0v) is 14.7. The second-order valence-corrected chi connectivity index (χ2v) is 6.51. The Hall–Kier alpha value is -2.66. The minimum atomic E-state index is 0.759. The van der Waals surface area contributed by atoms with Gasteiger partial charge in [-0.3, -0.25) is 0 Å². The van der Waals surface area contributed by atoms with Crippen molar-refractivity contribution in [2.24, 2.45) is 0 Å². The number of aryl methyl sites for hydroxylation is 1. The Morgan fingerprint density at radius 1 is 1.12 bits per heavy atom. The highest BCUT2D eigenvalue weighted by Gasteiger charge is 2.11. The molecule has 25 heavy (non-hydrogen) atoms. The number of imidazole rings is 1. The van der Waals surface area contributed by atoms with E-state index in [1.54, 1.807) is 0 Å². The number of nitrogens with one attached hydrogen (secondary N) is 3. The van der Waals surface area contributed by atoms with Crippen LogP contribution in [0.2, 0.25) is 0 Å². The maximum absolute atomic E-state index is 4.43. The fraction of sp³-hybridized carbons (Fsp3) is 0.300. The lowest BCUT2D eigenvalue weighted by Crippen LogP contribution is -2.14. The molecule has 0 fully saturated rings. The van der Waals surface area contributed by atoms with E-state index in [1.165, 1.54) is 23.8 Å². The van der Waals surface area contributed by atoms with Crippen LogP contribution in [0.3, 0.4) is 0 Å². The van der Waals surface area contributed by atoms with E-state index in [-0.39, 0.29) is 0 Å². The molecule has 3 N–H and O–H groups in total. The number of unbranched alkanes of at least 4 members (excludes halogenated alkanes) is 1. The normalized spacial score (nSPS) is 11.6. The van der Waals surface area contributed by atoms with Crippen molar-refractivity contribution in [2.75, 3.05) is 6.54 Å². The third kappa shape index (κ3) is 3.15. The minimum absolute atomic E-state index is 0.759. The third-order valence-electron chi connectivity index (χ3n) is 4.52. The van der Waals surface area contributed by atoms with Gasteiger partial charge in [0, 0.05) is 34.9 Å². The maximum atomic E-state index is 4.43. The van der Waals surface area contributed by atoms with E-state index in [9.17, 15) is 0 Å². The number of aromatic nitrogens is 4. The first-order chi connectivity index (χ1) is 12.2. The molecule has 4 rings (SSSR count). The molecule has 0 saturated carbocycles. The summed E-state index contributed by atoms with van der Waals surface area (Å²) in [5.41, 5.74) is 6.38. The largest absolute Gasteiger partial charge is 0.354 e. The van der Waals surface area contributed by atoms with Gasteiger partial charge in [0.25, 0.3) is 0 Å². The molecule has 3 aromatic heterocycles. The Kier molecular flexibility index (Phi) is 4.24. The highest BCUT2D eigenvalue weighted by molar-refractivity contribution is 5.94. The number of hydrogen-bond acceptors (Lipinski definition) is 3. The highest BCUT2D eigenvalue weighted by atomic mass is 15.0. The van der Waals surface area contributed by atoms with Crippen LogP contribution in [0.15, 0.2) is 36.5 Å². The molecule has 0 amide bonds. The van der Waals surface area contributed by atoms with Crippen LogP contribution < -0.4 is 5.32 Å². The van der Waals surface area contributed by atoms with Gasteiger partial charge in [-0.2, -0.15) is 0 Å². The summed E-state index contributed by atoms with van der Waals surface area (Å²) < 4.78 is 0. The lowest BCUT2D eigenvalue weighted by molar-refractivity contribution is 0.642. The average Bonchev–Trinajstić information content (AvgIpc) is 3.20. The van der Waals surface area contributed by atoms with Crippen LogP contribution in [-0.4, -0.2) is 26.5 Å². The van der Waals surface area contributed by atoms with Gasteiger partial charge >= 0.3 is 0 Å². The SMILES string of the molecule is CCCCNCc1ccc2[nH]c(-c3ccnc4nc(C)[nH]c34)cc2c1. The molecule has 0 bridgehead atoms. The summed E-state index contributed by atoms with van der Waals surface area (Å²) in [4.78, 5) is 15.6. The van der Waals surface area contributed by atoms with Gasteiger partial charge in [-0.25, -0.2) is 9.97 Å². The molecular weight excluding hydrogens is 310 g/mol. The Labute approximate surface area is 146 Å². The Morgan fingerprint density at radius 3 is 2.92 bits per heavy atom. The van der Waals surface area contributed by atoms with Crippen LogP contribution in [-0.2, 0) is 6.54 Å². The predicted molar refractivity (Wildman–Crippen MR) is 103 cm³/mol. The van der Waals surface area contributed by atoms with Crippen molar-refractivity contribution in [2.45, 2.75) is 33.2 Å². The first-order valence-electron chi connectivity index (χ1n) is 8.88. The second kappa shape index (κ2) is 6.69. The van der Waals surface area contributed by atoms with Crippen LogP contribution in [0.4, 0.5) is 0 Å². The summed E-state index contributed by atoms with van der Waals surface area (Å²) in [6, 6.07) is 10.8. The second-order valence-electron chi connectivity index (χ2n) is 6.51. The Bertz CT molecular complexity index is 1010. The van der Waals surface area contributed by atoms with Crippen molar-refractivity contribution in [1.29, 1.82) is 0 Å². The van der Waals surface area contributed by atoms with Crippen molar-refractivity contribution >= 4 is 22.1 Å². The predicted octanol–water partition coefficient (Wildman–Crippen LogP) is 4.30. The third-order valence-corrected chi connectivity index (χ3v) is 4.52. The standard InChI is InChI=1S/C20H23N5/c1-3-4-8-21-12-14-5-6-17-15(10-14)11-18(25-17)16-7-9-22-20-19(16)23-13(2)24-20/h5-7,9-11,21,25H,3-4,8,12H2,1-2H3,(H,22,23,24). The van der Waals surface area contributed by atoms with Gasteiger partial charge in [-0.05, 0) is 49.7 Å². The molecule has 0 unspecified atom stereocenters. The molecule has 0 spiro atoms. The van der Waals surface area contributed by atoms with Crippen LogP contribution in [0.25, 0.3) is 33.3 Å². The lowest BCUT2D eigenvalue weighted by atomic mass is 10.1. The number of fused-ring (bicyclic) bond motifs is 2. The molecule has 0 aliphatic rings. The van der Waals surface area contributed by atoms with Crippen molar-refractivity contribution < 1.29 is 0 Å². The minimum Gasteiger partial charge on any atom is -0.354 e. The summed E-state index contributed by atoms with van der Waals surface area (Å²) in [7, 11) is 0. The van der Waals surface area contributed by atoms with Crippen molar-refractivity contribution in [3.63, 3.8) is 0 Å². The number of hydrogen-bond donors (Lipinski definition) is 3. The van der Waals surface area contributed by atoms with E-state index in [0.29, 0.717) is 0 Å². The summed E-state index contributed by atoms with van der Waals surface area (Å²) in [5, 5.41) is 4.73. The van der Waals surface area contributed by atoms with Crippen LogP contribution in [0.1, 0.15) is 31.2 Å². The molecule has 1 aromatic carbocycles. The molecule has 128 valence electrons. The van der Waals surface area contributed by atoms with E-state index in [1.807, 2.05) is 19.2 Å². The number of benzene rings is 1. The molecule has 0 aliphatic carbocycles. The molecule has 5 heteroatoms. The van der Waals surface area contributed by atoms with Gasteiger partial charge in [-0.15, -0.1) is 0 Å². The molecule has 0 radical (unpaired) electrons. The van der Waals surface area contributed by atoms with E-state index >= 15 is 0 Å². The van der Waals surface area contributed by atoms with Gasteiger partial charge in [0.2, 0.25) is 0 Å². The van der Waals surface area contributed by atoms with E-state index in [2.05, 4.69) is 56.4 Å². The number of rotatable bonds is 6. The van der Waals surface area contributed by atoms with Crippen LogP contribution in [0.5, 0.6) is 0 Å². The number of nitrogens with zero attached hydrogens (tertiary/aromatic N) is 2. The van der Waals surface area contributed by atoms with E-state index < -0.39 is 0 Å². The number of pyridine rings is 1. The van der Waals surface area contributed by atoms with Gasteiger partial charge in [-0.1, -0.05) is 19.4 Å². The summed E-state index contributed by atoms with van der Waals surface area (Å²) >= 11 is 0. The molecule has 5 nitrogen and oxygen atoms in total. The van der Waals surface area contributed by atoms with Crippen molar-refractivity contribution in [3.8, 4) is 11.3 Å². The van der Waals surface area contributed by atoms with Gasteiger partial charge < -0.3 is 15.3 Å². The molecular formula is C20H23N5. The first kappa shape index (κ1) is 15.8. The number of aromatic amines is 2. The van der Waals surface area contributed by atoms with E-state index in [4.69, 9.17) is 0 Å². The molecule has 0 atom stereocenters. The Morgan fingerprint density at radius 2 is 2.04 bits per heavy atom. The smallest absolute Gasteiger partial charge is 0.178 e. The van der Waals surface area contributed by atoms with E-state index in [0.717, 1.165) is 46.9 Å². The monoisotopic (exact) mass is 333 g/mol. The van der Waals surface area contributed by atoms with Crippen LogP contribution in [0, 0.1) is 6.92 Å². The maximum Gasteiger partial charge on any atom is 0.178 e. The first-order valence-corrected chi connectivity index (χ1v) is 8.88. The van der Waals surface area contributed by atoms with Crippen molar-refractivity contribution in [3.05, 3.63) is 47.9 Å². The highest BCUT2D eigenvalue weighted by Crippen LogP contribution is 2.29. The van der Waals surface area contributed by atoms with Crippen LogP contribution >= 0.6 is 0 Å². The molecule has 4 aromatic rings. The summed E-state index contributed by atoms with van der Waals surface area (Å²) in [5.74, 6) is 0.881. The summed E-state index contributed by atoms with van der Waals surface area (Å²) in [6.45, 7) is 6.15. The molecule has 0 aliphatic heterocycles. The fourth-order valence-corrected chi connectivity index (χ4v) is 3.22. The van der Waals surface area contributed by atoms with Gasteiger partial charge in [0.15, 0.2) is 5.65 Å². The zero-order chi connectivity index (χ0) is 17.2. The Balaban J connectivity index is 1.66. The molecule has 0 saturated heterocycles. The average molecular weight is 333 g/mol. The molecule has 3 heterocycles. The number of H-pyrrole nitrogens is 2. The van der Waals surface area contributed by atoms with Crippen molar-refractivity contribution in [1.82, 2.24) is 25.3 Å². The zero-order valence-electron chi connectivity index (χ0n) is 14.7. The quantitative estimate of drug-likeness (QED) is 0.461. The van der Waals surface area contributed by atoms with Gasteiger partial charge in [0.05, 0.1) is 5.52 Å². The fourth-order valence-electron chi connectivity index (χ4n) is 3.22. The lowest BCUT2D eigenvalue weighted by Gasteiger charge is -2.03. The topological polar surface area (TPSA) is 69.4 Å². The summed E-state index contributed by atoms with van der Waals surface area (Å²) in [6.07, 6.45) is 4.26. The van der Waals surface area contributed by atoms with Gasteiger partial charge in [0.1, 0.15) is 5.82 Å².